The number of carboxylic acid groups (broad SMARTS) is 1. The molecule has 1 amide bonds. The molecule has 0 aromatic heterocycles. The van der Waals surface area contributed by atoms with Gasteiger partial charge in [0.05, 0.1) is 24.0 Å². The Labute approximate surface area is 168 Å². The third-order valence-electron chi connectivity index (χ3n) is 7.32. The van der Waals surface area contributed by atoms with E-state index in [9.17, 15) is 14.7 Å². The maximum atomic E-state index is 13.3. The molecule has 0 radical (unpaired) electrons. The van der Waals surface area contributed by atoms with Crippen molar-refractivity contribution in [1.82, 2.24) is 4.57 Å². The zero-order valence-corrected chi connectivity index (χ0v) is 21.4. The second-order valence-corrected chi connectivity index (χ2v) is 21.1. The first-order valence-corrected chi connectivity index (χ1v) is 15.9. The molecule has 0 bridgehead atoms. The molecule has 0 aromatic rings. The maximum absolute atomic E-state index is 13.3. The number of nitrogens with zero attached hydrogens (tertiary/aromatic N) is 1. The summed E-state index contributed by atoms with van der Waals surface area (Å²) >= 11 is 0. The second kappa shape index (κ2) is 7.30. The monoisotopic (exact) mass is 415 g/mol. The van der Waals surface area contributed by atoms with Gasteiger partial charge in [-0.05, 0) is 37.0 Å². The van der Waals surface area contributed by atoms with E-state index in [0.29, 0.717) is 0 Å². The average molecular weight is 416 g/mol. The first kappa shape index (κ1) is 24.4. The second-order valence-electron chi connectivity index (χ2n) is 11.2. The molecule has 7 heteroatoms. The van der Waals surface area contributed by atoms with Crippen LogP contribution in [0.2, 0.25) is 36.3 Å². The molecule has 158 valence electrons. The van der Waals surface area contributed by atoms with E-state index in [1.54, 1.807) is 6.92 Å². The summed E-state index contributed by atoms with van der Waals surface area (Å²) in [5.41, 5.74) is 0. The molecule has 1 aliphatic rings. The Morgan fingerprint density at radius 2 is 1.48 bits per heavy atom. The zero-order valence-electron chi connectivity index (χ0n) is 19.4. The van der Waals surface area contributed by atoms with Crippen LogP contribution in [0.15, 0.2) is 0 Å². The van der Waals surface area contributed by atoms with Crippen LogP contribution in [0.5, 0.6) is 0 Å². The van der Waals surface area contributed by atoms with Crippen LogP contribution in [-0.2, 0) is 14.0 Å². The average Bonchev–Trinajstić information content (AvgIpc) is 2.40. The highest BCUT2D eigenvalue weighted by atomic mass is 28.4. The summed E-state index contributed by atoms with van der Waals surface area (Å²) in [7, 11) is -4.21. The number of rotatable bonds is 6. The fourth-order valence-electron chi connectivity index (χ4n) is 3.42. The van der Waals surface area contributed by atoms with Crippen LogP contribution in [0.25, 0.3) is 0 Å². The van der Waals surface area contributed by atoms with Gasteiger partial charge >= 0.3 is 5.97 Å². The predicted molar refractivity (Wildman–Crippen MR) is 116 cm³/mol. The molecule has 1 aliphatic heterocycles. The molecule has 4 atom stereocenters. The molecular weight excluding hydrogens is 374 g/mol. The van der Waals surface area contributed by atoms with Crippen LogP contribution in [0.4, 0.5) is 0 Å². The lowest BCUT2D eigenvalue weighted by Gasteiger charge is -2.61. The van der Waals surface area contributed by atoms with Crippen LogP contribution in [0, 0.1) is 11.8 Å². The summed E-state index contributed by atoms with van der Waals surface area (Å²) in [4.78, 5) is 25.1. The number of hydrogen-bond acceptors (Lipinski definition) is 3. The van der Waals surface area contributed by atoms with Crippen LogP contribution >= 0.6 is 0 Å². The standard InChI is InChI=1S/C20H41NO4Si2/c1-13(18(23)24)16-15(14(2)25-27(11,12)20(6,7)8)17(22)21(16)26(9,10)19(3,4)5/h13-16H,1-12H3,(H,23,24). The Hall–Kier alpha value is -0.666. The van der Waals surface area contributed by atoms with Gasteiger partial charge < -0.3 is 14.1 Å². The molecule has 5 nitrogen and oxygen atoms in total. The highest BCUT2D eigenvalue weighted by Gasteiger charge is 2.61. The highest BCUT2D eigenvalue weighted by molar-refractivity contribution is 6.80. The summed E-state index contributed by atoms with van der Waals surface area (Å²) in [5, 5.41) is 9.71. The summed E-state index contributed by atoms with van der Waals surface area (Å²) in [6, 6.07) is -0.296. The van der Waals surface area contributed by atoms with Crippen LogP contribution in [0.1, 0.15) is 55.4 Å². The minimum Gasteiger partial charge on any atom is -0.481 e. The molecule has 1 heterocycles. The van der Waals surface area contributed by atoms with Crippen LogP contribution in [-0.4, -0.2) is 50.2 Å². The molecule has 0 saturated carbocycles. The van der Waals surface area contributed by atoms with E-state index in [1.165, 1.54) is 0 Å². The highest BCUT2D eigenvalue weighted by Crippen LogP contribution is 2.48. The Bertz CT molecular complexity index is 590. The first-order chi connectivity index (χ1) is 11.8. The molecule has 0 aromatic carbocycles. The van der Waals surface area contributed by atoms with Gasteiger partial charge in [-0.1, -0.05) is 54.6 Å². The minimum absolute atomic E-state index is 0.0341. The molecule has 1 saturated heterocycles. The van der Waals surface area contributed by atoms with Gasteiger partial charge in [0.25, 0.3) is 0 Å². The van der Waals surface area contributed by atoms with Crippen molar-refractivity contribution < 1.29 is 19.1 Å². The zero-order chi connectivity index (χ0) is 21.7. The number of carbonyl (C=O) groups is 2. The summed E-state index contributed by atoms with van der Waals surface area (Å²) < 4.78 is 8.44. The lowest BCUT2D eigenvalue weighted by molar-refractivity contribution is -0.163. The van der Waals surface area contributed by atoms with Crippen molar-refractivity contribution in [2.75, 3.05) is 0 Å². The number of amides is 1. The molecule has 1 rings (SSSR count). The summed E-state index contributed by atoms with van der Waals surface area (Å²) in [6.07, 6.45) is -0.272. The number of carboxylic acids is 1. The Morgan fingerprint density at radius 1 is 1.04 bits per heavy atom. The molecule has 4 unspecified atom stereocenters. The van der Waals surface area contributed by atoms with Crippen LogP contribution in [0.3, 0.4) is 0 Å². The fourth-order valence-corrected chi connectivity index (χ4v) is 7.40. The van der Waals surface area contributed by atoms with Gasteiger partial charge in [0.1, 0.15) is 0 Å². The quantitative estimate of drug-likeness (QED) is 0.492. The van der Waals surface area contributed by atoms with Gasteiger partial charge in [-0.25, -0.2) is 0 Å². The van der Waals surface area contributed by atoms with Crippen molar-refractivity contribution in [2.24, 2.45) is 11.8 Å². The van der Waals surface area contributed by atoms with Gasteiger partial charge in [-0.15, -0.1) is 0 Å². The lowest BCUT2D eigenvalue weighted by Crippen LogP contribution is -2.77. The molecule has 1 fully saturated rings. The molecule has 27 heavy (non-hydrogen) atoms. The van der Waals surface area contributed by atoms with Crippen molar-refractivity contribution in [1.29, 1.82) is 0 Å². The number of carbonyl (C=O) groups excluding carboxylic acids is 1. The van der Waals surface area contributed by atoms with E-state index >= 15 is 0 Å². The van der Waals surface area contributed by atoms with Gasteiger partial charge in [0.2, 0.25) is 5.91 Å². The van der Waals surface area contributed by atoms with Gasteiger partial charge in [0, 0.05) is 0 Å². The van der Waals surface area contributed by atoms with Crippen molar-refractivity contribution in [3.63, 3.8) is 0 Å². The normalized spacial score (nSPS) is 24.4. The van der Waals surface area contributed by atoms with Gasteiger partial charge in [0.15, 0.2) is 16.6 Å². The van der Waals surface area contributed by atoms with Crippen molar-refractivity contribution >= 4 is 28.4 Å². The SMILES string of the molecule is CC(O[Si](C)(C)C(C)(C)C)C1C(=O)N([Si](C)(C)C(C)(C)C)C1C(C)C(=O)O. The van der Waals surface area contributed by atoms with Crippen molar-refractivity contribution in [3.05, 3.63) is 0 Å². The van der Waals surface area contributed by atoms with Crippen molar-refractivity contribution in [2.45, 2.75) is 104 Å². The Balaban J connectivity index is 3.25. The van der Waals surface area contributed by atoms with E-state index < -0.39 is 28.4 Å². The number of hydrogen-bond donors (Lipinski definition) is 1. The lowest BCUT2D eigenvalue weighted by atomic mass is 9.79. The fraction of sp³-hybridized carbons (Fsp3) is 0.900. The third-order valence-corrected chi connectivity index (χ3v) is 17.3. The van der Waals surface area contributed by atoms with E-state index in [4.69, 9.17) is 4.43 Å². The largest absolute Gasteiger partial charge is 0.481 e. The van der Waals surface area contributed by atoms with Crippen molar-refractivity contribution in [3.8, 4) is 0 Å². The molecular formula is C20H41NO4Si2. The smallest absolute Gasteiger partial charge is 0.308 e. The summed E-state index contributed by atoms with van der Waals surface area (Å²) in [5.74, 6) is -1.75. The predicted octanol–water partition coefficient (Wildman–Crippen LogP) is 4.95. The topological polar surface area (TPSA) is 66.8 Å². The maximum Gasteiger partial charge on any atom is 0.308 e. The van der Waals surface area contributed by atoms with Gasteiger partial charge in [-0.3, -0.25) is 9.59 Å². The number of aliphatic carboxylic acids is 1. The molecule has 0 aliphatic carbocycles. The van der Waals surface area contributed by atoms with E-state index in [0.717, 1.165) is 0 Å². The molecule has 1 N–H and O–H groups in total. The van der Waals surface area contributed by atoms with E-state index in [2.05, 4.69) is 67.7 Å². The Kier molecular flexibility index (Phi) is 6.59. The van der Waals surface area contributed by atoms with Crippen LogP contribution < -0.4 is 0 Å². The Morgan fingerprint density at radius 3 is 1.81 bits per heavy atom. The molecule has 0 spiro atoms. The van der Waals surface area contributed by atoms with E-state index in [1.807, 2.05) is 11.5 Å². The number of β-lactam (4-membered cyclic amide) rings is 1. The van der Waals surface area contributed by atoms with Gasteiger partial charge in [-0.2, -0.15) is 0 Å². The van der Waals surface area contributed by atoms with E-state index in [-0.39, 0.29) is 34.0 Å². The first-order valence-electron chi connectivity index (χ1n) is 10.0. The third kappa shape index (κ3) is 4.35. The minimum atomic E-state index is -2.16. The summed E-state index contributed by atoms with van der Waals surface area (Å²) in [6.45, 7) is 25.3.